The molecule has 0 bridgehead atoms. The Labute approximate surface area is 166 Å². The molecular formula is C21H37ClO3. The molecule has 1 atom stereocenters. The van der Waals surface area contributed by atoms with Crippen molar-refractivity contribution in [3.8, 4) is 0 Å². The van der Waals surface area contributed by atoms with Gasteiger partial charge in [0.2, 0.25) is 0 Å². The third-order valence-electron chi connectivity index (χ3n) is 3.68. The van der Waals surface area contributed by atoms with Crippen LogP contribution in [0.5, 0.6) is 0 Å². The zero-order chi connectivity index (χ0) is 23.1. The van der Waals surface area contributed by atoms with E-state index in [0.29, 0.717) is 6.42 Å². The summed E-state index contributed by atoms with van der Waals surface area (Å²) in [6.45, 7) is -4.34. The molecule has 0 aliphatic carbocycles. The van der Waals surface area contributed by atoms with Crippen molar-refractivity contribution >= 4 is 17.6 Å². The molecule has 0 aliphatic heterocycles. The van der Waals surface area contributed by atoms with Gasteiger partial charge in [-0.3, -0.25) is 4.79 Å². The van der Waals surface area contributed by atoms with E-state index in [9.17, 15) is 9.90 Å². The van der Waals surface area contributed by atoms with Crippen LogP contribution in [-0.2, 0) is 9.53 Å². The van der Waals surface area contributed by atoms with Gasteiger partial charge in [-0.25, -0.2) is 0 Å². The van der Waals surface area contributed by atoms with Crippen molar-refractivity contribution < 1.29 is 21.5 Å². The van der Waals surface area contributed by atoms with Gasteiger partial charge < -0.3 is 9.84 Å². The van der Waals surface area contributed by atoms with E-state index < -0.39 is 24.4 Å². The fourth-order valence-electron chi connectivity index (χ4n) is 2.26. The van der Waals surface area contributed by atoms with Gasteiger partial charge in [-0.1, -0.05) is 63.3 Å². The lowest BCUT2D eigenvalue weighted by atomic mass is 10.1. The van der Waals surface area contributed by atoms with Crippen molar-refractivity contribution in [3.63, 3.8) is 0 Å². The second kappa shape index (κ2) is 19.5. The first-order chi connectivity index (χ1) is 14.0. The number of halogens is 1. The smallest absolute Gasteiger partial charge is 0.305 e. The van der Waals surface area contributed by atoms with Gasteiger partial charge in [0.05, 0.1) is 18.8 Å². The number of allylic oxidation sites excluding steroid dienone is 4. The summed E-state index contributed by atoms with van der Waals surface area (Å²) in [7, 11) is 0. The molecule has 1 N–H and O–H groups in total. The van der Waals surface area contributed by atoms with Gasteiger partial charge in [0, 0.05) is 6.42 Å². The maximum atomic E-state index is 11.7. The van der Waals surface area contributed by atoms with Crippen LogP contribution in [0, 0.1) is 0 Å². The number of alkyl halides is 1. The van der Waals surface area contributed by atoms with Gasteiger partial charge in [-0.2, -0.15) is 0 Å². The van der Waals surface area contributed by atoms with Crippen LogP contribution in [0.3, 0.4) is 0 Å². The Balaban J connectivity index is 3.80. The number of aliphatic hydroxyl groups is 1. The Morgan fingerprint density at radius 2 is 1.68 bits per heavy atom. The average Bonchev–Trinajstić information content (AvgIpc) is 2.63. The van der Waals surface area contributed by atoms with Crippen molar-refractivity contribution in [3.05, 3.63) is 24.3 Å². The summed E-state index contributed by atoms with van der Waals surface area (Å²) in [5.41, 5.74) is 0. The van der Waals surface area contributed by atoms with Crippen molar-refractivity contribution in [2.75, 3.05) is 13.1 Å². The fourth-order valence-corrected chi connectivity index (χ4v) is 2.29. The topological polar surface area (TPSA) is 46.5 Å². The molecule has 0 saturated carbocycles. The highest BCUT2D eigenvalue weighted by Gasteiger charge is 2.07. The number of unbranched alkanes of at least 4 members (excludes halogenated alkanes) is 8. The molecular weight excluding hydrogens is 336 g/mol. The molecule has 0 aliphatic rings. The second-order valence-corrected chi connectivity index (χ2v) is 6.36. The number of carbonyl (C=O) groups is 1. The summed E-state index contributed by atoms with van der Waals surface area (Å²) < 4.78 is 41.0. The number of carbonyl (C=O) groups excluding carboxylic acids is 1. The van der Waals surface area contributed by atoms with Crippen LogP contribution < -0.4 is 0 Å². The molecule has 0 amide bonds. The molecule has 25 heavy (non-hydrogen) atoms. The van der Waals surface area contributed by atoms with E-state index in [1.54, 1.807) is 0 Å². The highest BCUT2D eigenvalue weighted by atomic mass is 35.5. The number of rotatable bonds is 17. The molecule has 0 radical (unpaired) electrons. The third-order valence-corrected chi connectivity index (χ3v) is 3.85. The lowest BCUT2D eigenvalue weighted by molar-refractivity contribution is -0.143. The fraction of sp³-hybridized carbons (Fsp3) is 0.762. The average molecular weight is 378 g/mol. The zero-order valence-corrected chi connectivity index (χ0v) is 16.2. The van der Waals surface area contributed by atoms with E-state index in [1.807, 2.05) is 0 Å². The summed E-state index contributed by atoms with van der Waals surface area (Å²) in [6, 6.07) is 0. The Morgan fingerprint density at radius 1 is 1.08 bits per heavy atom. The number of esters is 1. The molecule has 1 unspecified atom stereocenters. The maximum absolute atomic E-state index is 11.7. The SMILES string of the molecule is [2H]C([2H])(O)C([2H])(Cl)C([2H])([2H])OC(=O)CCCCCCC/C=C\C/C=C\CCCCC. The molecule has 0 aromatic heterocycles. The van der Waals surface area contributed by atoms with E-state index in [0.717, 1.165) is 44.9 Å². The Morgan fingerprint density at radius 3 is 2.32 bits per heavy atom. The lowest BCUT2D eigenvalue weighted by Gasteiger charge is -2.07. The van der Waals surface area contributed by atoms with Crippen LogP contribution in [0.1, 0.15) is 90.8 Å². The van der Waals surface area contributed by atoms with Crippen molar-refractivity contribution in [1.82, 2.24) is 0 Å². The molecule has 0 heterocycles. The van der Waals surface area contributed by atoms with Crippen LogP contribution in [0.2, 0.25) is 0 Å². The summed E-state index contributed by atoms with van der Waals surface area (Å²) in [4.78, 5) is 11.7. The van der Waals surface area contributed by atoms with E-state index in [4.69, 9.17) is 18.5 Å². The van der Waals surface area contributed by atoms with Gasteiger partial charge in [0.1, 0.15) is 6.56 Å². The van der Waals surface area contributed by atoms with E-state index in [-0.39, 0.29) is 6.42 Å². The minimum absolute atomic E-state index is 0.0502. The van der Waals surface area contributed by atoms with Gasteiger partial charge in [0.15, 0.2) is 0 Å². The van der Waals surface area contributed by atoms with E-state index in [2.05, 4.69) is 36.0 Å². The molecule has 3 nitrogen and oxygen atoms in total. The summed E-state index contributed by atoms with van der Waals surface area (Å²) in [6.07, 6.45) is 20.1. The van der Waals surface area contributed by atoms with Crippen molar-refractivity contribution in [2.45, 2.75) is 89.3 Å². The van der Waals surface area contributed by atoms with E-state index >= 15 is 0 Å². The van der Waals surface area contributed by atoms with Gasteiger partial charge >= 0.3 is 5.97 Å². The first-order valence-corrected chi connectivity index (χ1v) is 9.76. The molecule has 0 aromatic rings. The standard InChI is InChI=1S/C21H37ClO3/c1-2-3-4-5-6-7-8-9-10-11-12-13-14-15-16-17-21(24)25-19-20(22)18-23/h6-7,9-10,20,23H,2-5,8,11-19H2,1H3/b7-6-,10-9-/i18D2,19D2,20D. The molecule has 0 aromatic carbocycles. The van der Waals surface area contributed by atoms with Gasteiger partial charge in [0.25, 0.3) is 0 Å². The Hall–Kier alpha value is -0.800. The van der Waals surface area contributed by atoms with Crippen LogP contribution in [0.25, 0.3) is 0 Å². The van der Waals surface area contributed by atoms with Gasteiger partial charge in [-0.05, 0) is 38.5 Å². The lowest BCUT2D eigenvalue weighted by Crippen LogP contribution is -2.16. The van der Waals surface area contributed by atoms with Gasteiger partial charge in [-0.15, -0.1) is 11.6 Å². The normalized spacial score (nSPS) is 18.3. The minimum atomic E-state index is -3.38. The Bertz CT molecular complexity index is 531. The molecule has 146 valence electrons. The largest absolute Gasteiger partial charge is 0.464 e. The predicted octanol–water partition coefficient (Wildman–Crippen LogP) is 5.94. The zero-order valence-electron chi connectivity index (χ0n) is 20.4. The first-order valence-electron chi connectivity index (χ1n) is 11.9. The van der Waals surface area contributed by atoms with Crippen LogP contribution in [0.15, 0.2) is 24.3 Å². The number of hydrogen-bond donors (Lipinski definition) is 1. The van der Waals surface area contributed by atoms with Crippen molar-refractivity contribution in [1.29, 1.82) is 0 Å². The Kier molecular flexibility index (Phi) is 12.8. The van der Waals surface area contributed by atoms with Crippen molar-refractivity contribution in [2.24, 2.45) is 0 Å². The number of ether oxygens (including phenoxy) is 1. The highest BCUT2D eigenvalue weighted by molar-refractivity contribution is 6.20. The van der Waals surface area contributed by atoms with Crippen LogP contribution >= 0.6 is 11.6 Å². The third kappa shape index (κ3) is 19.4. The summed E-state index contributed by atoms with van der Waals surface area (Å²) in [5, 5.41) is 6.03. The molecule has 4 heteroatoms. The molecule has 0 spiro atoms. The van der Waals surface area contributed by atoms with Crippen LogP contribution in [0.4, 0.5) is 0 Å². The second-order valence-electron chi connectivity index (χ2n) is 5.98. The number of hydrogen-bond acceptors (Lipinski definition) is 3. The van der Waals surface area contributed by atoms with Crippen LogP contribution in [-0.4, -0.2) is 29.5 Å². The first kappa shape index (κ1) is 16.4. The monoisotopic (exact) mass is 377 g/mol. The maximum Gasteiger partial charge on any atom is 0.305 e. The molecule has 0 fully saturated rings. The van der Waals surface area contributed by atoms with E-state index in [1.165, 1.54) is 19.3 Å². The quantitative estimate of drug-likeness (QED) is 0.147. The minimum Gasteiger partial charge on any atom is -0.464 e. The molecule has 0 saturated heterocycles. The predicted molar refractivity (Wildman–Crippen MR) is 107 cm³/mol. The summed E-state index contributed by atoms with van der Waals surface area (Å²) in [5.74, 6) is -0.910. The molecule has 0 rings (SSSR count). The highest BCUT2D eigenvalue weighted by Crippen LogP contribution is 2.09. The summed E-state index contributed by atoms with van der Waals surface area (Å²) >= 11 is 5.43.